The van der Waals surface area contributed by atoms with Crippen molar-refractivity contribution in [2.45, 2.75) is 38.8 Å². The van der Waals surface area contributed by atoms with E-state index in [1.165, 1.54) is 6.07 Å². The number of nitro groups is 1. The van der Waals surface area contributed by atoms with E-state index in [1.54, 1.807) is 12.1 Å². The number of anilines is 1. The molecule has 18 heavy (non-hydrogen) atoms. The lowest BCUT2D eigenvalue weighted by molar-refractivity contribution is -0.384. The molecule has 1 fully saturated rings. The van der Waals surface area contributed by atoms with Crippen LogP contribution >= 0.6 is 0 Å². The third-order valence-corrected chi connectivity index (χ3v) is 3.28. The van der Waals surface area contributed by atoms with Crippen LogP contribution < -0.4 is 5.32 Å². The molecule has 1 aliphatic carbocycles. The van der Waals surface area contributed by atoms with Gasteiger partial charge in [0.1, 0.15) is 0 Å². The monoisotopic (exact) mass is 250 g/mol. The third kappa shape index (κ3) is 2.79. The van der Waals surface area contributed by atoms with E-state index in [2.05, 4.69) is 5.32 Å². The fourth-order valence-corrected chi connectivity index (χ4v) is 2.20. The molecule has 0 spiro atoms. The Morgan fingerprint density at radius 1 is 1.50 bits per heavy atom. The van der Waals surface area contributed by atoms with Gasteiger partial charge in [0.15, 0.2) is 0 Å². The molecular formula is C13H18N2O3. The maximum atomic E-state index is 10.6. The van der Waals surface area contributed by atoms with Crippen molar-refractivity contribution in [2.75, 3.05) is 11.9 Å². The maximum Gasteiger partial charge on any atom is 0.269 e. The van der Waals surface area contributed by atoms with Gasteiger partial charge in [-0.1, -0.05) is 0 Å². The Balaban J connectivity index is 1.93. The van der Waals surface area contributed by atoms with Crippen LogP contribution in [0.1, 0.15) is 25.3 Å². The second-order valence-corrected chi connectivity index (χ2v) is 4.65. The minimum absolute atomic E-state index is 0.138. The second kappa shape index (κ2) is 5.35. The molecule has 5 heteroatoms. The van der Waals surface area contributed by atoms with Gasteiger partial charge in [-0.3, -0.25) is 10.1 Å². The van der Waals surface area contributed by atoms with Crippen LogP contribution in [0, 0.1) is 17.0 Å². The van der Waals surface area contributed by atoms with Crippen LogP contribution in [-0.4, -0.2) is 23.7 Å². The molecule has 2 rings (SSSR count). The van der Waals surface area contributed by atoms with Crippen LogP contribution in [0.25, 0.3) is 0 Å². The molecule has 0 radical (unpaired) electrons. The van der Waals surface area contributed by atoms with Crippen LogP contribution in [0.15, 0.2) is 18.2 Å². The van der Waals surface area contributed by atoms with E-state index in [1.807, 2.05) is 13.8 Å². The van der Waals surface area contributed by atoms with Crippen LogP contribution in [0.3, 0.4) is 0 Å². The zero-order chi connectivity index (χ0) is 13.1. The number of hydrogen-bond acceptors (Lipinski definition) is 4. The van der Waals surface area contributed by atoms with Crippen molar-refractivity contribution in [3.63, 3.8) is 0 Å². The largest absolute Gasteiger partial charge is 0.382 e. The summed E-state index contributed by atoms with van der Waals surface area (Å²) in [6.07, 6.45) is 2.37. The van der Waals surface area contributed by atoms with Crippen molar-refractivity contribution in [3.05, 3.63) is 33.9 Å². The van der Waals surface area contributed by atoms with Crippen LogP contribution in [0.5, 0.6) is 0 Å². The number of ether oxygens (including phenoxy) is 1. The fourth-order valence-electron chi connectivity index (χ4n) is 2.20. The number of nitrogens with zero attached hydrogens (tertiary/aromatic N) is 1. The molecule has 1 aliphatic rings. The van der Waals surface area contributed by atoms with Crippen LogP contribution in [0.4, 0.5) is 11.4 Å². The summed E-state index contributed by atoms with van der Waals surface area (Å²) in [5, 5.41) is 14.0. The standard InChI is InChI=1S/C13H18N2O3/c1-3-18-12-7-10(8-12)14-13-5-4-11(15(16)17)6-9(13)2/h4-6,10,12,14H,3,7-8H2,1-2H3. The summed E-state index contributed by atoms with van der Waals surface area (Å²) in [5.74, 6) is 0. The molecule has 1 saturated carbocycles. The number of nitro benzene ring substituents is 1. The van der Waals surface area contributed by atoms with Gasteiger partial charge in [-0.2, -0.15) is 0 Å². The fraction of sp³-hybridized carbons (Fsp3) is 0.538. The minimum atomic E-state index is -0.370. The van der Waals surface area contributed by atoms with E-state index in [9.17, 15) is 10.1 Å². The molecule has 0 amide bonds. The molecule has 98 valence electrons. The summed E-state index contributed by atoms with van der Waals surface area (Å²) in [4.78, 5) is 10.3. The van der Waals surface area contributed by atoms with Crippen molar-refractivity contribution < 1.29 is 9.66 Å². The summed E-state index contributed by atoms with van der Waals surface area (Å²) in [5.41, 5.74) is 2.02. The Hall–Kier alpha value is -1.62. The highest BCUT2D eigenvalue weighted by atomic mass is 16.6. The number of hydrogen-bond donors (Lipinski definition) is 1. The maximum absolute atomic E-state index is 10.6. The Kier molecular flexibility index (Phi) is 3.81. The average molecular weight is 250 g/mol. The topological polar surface area (TPSA) is 64.4 Å². The lowest BCUT2D eigenvalue weighted by atomic mass is 9.89. The number of benzene rings is 1. The van der Waals surface area contributed by atoms with Crippen molar-refractivity contribution in [3.8, 4) is 0 Å². The van der Waals surface area contributed by atoms with E-state index in [0.29, 0.717) is 12.1 Å². The molecular weight excluding hydrogens is 232 g/mol. The van der Waals surface area contributed by atoms with E-state index in [-0.39, 0.29) is 10.6 Å². The van der Waals surface area contributed by atoms with Gasteiger partial charge in [0.2, 0.25) is 0 Å². The third-order valence-electron chi connectivity index (χ3n) is 3.28. The molecule has 0 aromatic heterocycles. The van der Waals surface area contributed by atoms with Gasteiger partial charge in [0.05, 0.1) is 11.0 Å². The van der Waals surface area contributed by atoms with E-state index in [0.717, 1.165) is 30.7 Å². The molecule has 0 bridgehead atoms. The minimum Gasteiger partial charge on any atom is -0.382 e. The van der Waals surface area contributed by atoms with E-state index in [4.69, 9.17) is 4.74 Å². The van der Waals surface area contributed by atoms with Gasteiger partial charge in [-0.15, -0.1) is 0 Å². The Labute approximate surface area is 106 Å². The van der Waals surface area contributed by atoms with Crippen LogP contribution in [-0.2, 0) is 4.74 Å². The molecule has 0 atom stereocenters. The van der Waals surface area contributed by atoms with Gasteiger partial charge in [-0.05, 0) is 38.3 Å². The first-order valence-corrected chi connectivity index (χ1v) is 6.23. The number of non-ortho nitro benzene ring substituents is 1. The van der Waals surface area contributed by atoms with Crippen molar-refractivity contribution in [1.82, 2.24) is 0 Å². The van der Waals surface area contributed by atoms with E-state index < -0.39 is 0 Å². The summed E-state index contributed by atoms with van der Waals surface area (Å²) < 4.78 is 5.50. The van der Waals surface area contributed by atoms with Crippen molar-refractivity contribution in [1.29, 1.82) is 0 Å². The zero-order valence-corrected chi connectivity index (χ0v) is 10.7. The molecule has 0 aliphatic heterocycles. The molecule has 1 aromatic rings. The summed E-state index contributed by atoms with van der Waals surface area (Å²) in [6, 6.07) is 5.33. The number of rotatable bonds is 5. The zero-order valence-electron chi connectivity index (χ0n) is 10.7. The first kappa shape index (κ1) is 12.8. The predicted molar refractivity (Wildman–Crippen MR) is 69.9 cm³/mol. The van der Waals surface area contributed by atoms with Crippen LogP contribution in [0.2, 0.25) is 0 Å². The highest BCUT2D eigenvalue weighted by molar-refractivity contribution is 5.56. The van der Waals surface area contributed by atoms with Gasteiger partial charge in [-0.25, -0.2) is 0 Å². The molecule has 1 N–H and O–H groups in total. The average Bonchev–Trinajstić information content (AvgIpc) is 2.28. The molecule has 0 saturated heterocycles. The first-order valence-electron chi connectivity index (χ1n) is 6.23. The molecule has 1 aromatic carbocycles. The van der Waals surface area contributed by atoms with Gasteiger partial charge in [0, 0.05) is 30.5 Å². The number of aryl methyl sites for hydroxylation is 1. The van der Waals surface area contributed by atoms with E-state index >= 15 is 0 Å². The molecule has 5 nitrogen and oxygen atoms in total. The molecule has 0 heterocycles. The normalized spacial score (nSPS) is 22.3. The highest BCUT2D eigenvalue weighted by Crippen LogP contribution is 2.29. The smallest absolute Gasteiger partial charge is 0.269 e. The lowest BCUT2D eigenvalue weighted by Gasteiger charge is -2.36. The Bertz CT molecular complexity index is 442. The van der Waals surface area contributed by atoms with Crippen molar-refractivity contribution >= 4 is 11.4 Å². The SMILES string of the molecule is CCOC1CC(Nc2ccc([N+](=O)[O-])cc2C)C1. The Morgan fingerprint density at radius 2 is 2.22 bits per heavy atom. The quantitative estimate of drug-likeness (QED) is 0.644. The second-order valence-electron chi connectivity index (χ2n) is 4.65. The number of nitrogens with one attached hydrogen (secondary N) is 1. The van der Waals surface area contributed by atoms with Gasteiger partial charge < -0.3 is 10.1 Å². The Morgan fingerprint density at radius 3 is 2.78 bits per heavy atom. The lowest BCUT2D eigenvalue weighted by Crippen LogP contribution is -2.40. The molecule has 0 unspecified atom stereocenters. The predicted octanol–water partition coefficient (Wildman–Crippen LogP) is 2.88. The van der Waals surface area contributed by atoms with Gasteiger partial charge in [0.25, 0.3) is 5.69 Å². The van der Waals surface area contributed by atoms with Gasteiger partial charge >= 0.3 is 0 Å². The first-order chi connectivity index (χ1) is 8.60. The summed E-state index contributed by atoms with van der Waals surface area (Å²) >= 11 is 0. The summed E-state index contributed by atoms with van der Waals surface area (Å²) in [7, 11) is 0. The highest BCUT2D eigenvalue weighted by Gasteiger charge is 2.29. The van der Waals surface area contributed by atoms with Crippen molar-refractivity contribution in [2.24, 2.45) is 0 Å². The summed E-state index contributed by atoms with van der Waals surface area (Å²) in [6.45, 7) is 4.64.